The van der Waals surface area contributed by atoms with Crippen molar-refractivity contribution in [2.75, 3.05) is 12.4 Å². The number of benzene rings is 1. The van der Waals surface area contributed by atoms with E-state index in [4.69, 9.17) is 4.42 Å². The van der Waals surface area contributed by atoms with E-state index in [1.807, 2.05) is 26.1 Å². The van der Waals surface area contributed by atoms with Gasteiger partial charge >= 0.3 is 0 Å². The lowest BCUT2D eigenvalue weighted by atomic mass is 10.1. The second kappa shape index (κ2) is 2.80. The topological polar surface area (TPSA) is 25.2 Å². The molecule has 2 aromatic rings. The molecule has 0 aliphatic rings. The van der Waals surface area contributed by atoms with Gasteiger partial charge in [0.25, 0.3) is 0 Å². The fraction of sp³-hybridized carbons (Fsp3) is 0.273. The Morgan fingerprint density at radius 1 is 1.23 bits per heavy atom. The maximum absolute atomic E-state index is 5.60. The fourth-order valence-corrected chi connectivity index (χ4v) is 1.63. The summed E-state index contributed by atoms with van der Waals surface area (Å²) in [6.45, 7) is 4.08. The molecule has 68 valence electrons. The van der Waals surface area contributed by atoms with Gasteiger partial charge < -0.3 is 9.73 Å². The van der Waals surface area contributed by atoms with Crippen molar-refractivity contribution in [1.29, 1.82) is 0 Å². The Morgan fingerprint density at radius 3 is 2.69 bits per heavy atom. The summed E-state index contributed by atoms with van der Waals surface area (Å²) in [4.78, 5) is 0. The Kier molecular flexibility index (Phi) is 1.76. The number of nitrogens with one attached hydrogen (secondary N) is 1. The molecule has 2 rings (SSSR count). The summed E-state index contributed by atoms with van der Waals surface area (Å²) in [5.41, 5.74) is 3.31. The first-order valence-corrected chi connectivity index (χ1v) is 4.40. The van der Waals surface area contributed by atoms with E-state index in [0.717, 1.165) is 17.0 Å². The molecule has 2 nitrogen and oxygen atoms in total. The van der Waals surface area contributed by atoms with Crippen LogP contribution >= 0.6 is 0 Å². The molecule has 2 heteroatoms. The Balaban J connectivity index is 2.87. The standard InChI is InChI=1S/C11H13NO/c1-7-8(2)13-10-6-4-5-9(12-3)11(7)10/h4-6,12H,1-3H3. The van der Waals surface area contributed by atoms with E-state index < -0.39 is 0 Å². The average molecular weight is 175 g/mol. The van der Waals surface area contributed by atoms with Gasteiger partial charge in [0.05, 0.1) is 0 Å². The van der Waals surface area contributed by atoms with Crippen LogP contribution in [0, 0.1) is 13.8 Å². The van der Waals surface area contributed by atoms with Crippen LogP contribution < -0.4 is 5.32 Å². The molecular formula is C11H13NO. The van der Waals surface area contributed by atoms with Crippen LogP contribution in [0.4, 0.5) is 5.69 Å². The van der Waals surface area contributed by atoms with E-state index in [-0.39, 0.29) is 0 Å². The maximum Gasteiger partial charge on any atom is 0.136 e. The molecule has 0 fully saturated rings. The lowest BCUT2D eigenvalue weighted by molar-refractivity contribution is 0.575. The molecule has 1 heterocycles. The highest BCUT2D eigenvalue weighted by Gasteiger charge is 2.09. The number of hydrogen-bond acceptors (Lipinski definition) is 2. The van der Waals surface area contributed by atoms with Crippen molar-refractivity contribution in [2.24, 2.45) is 0 Å². The lowest BCUT2D eigenvalue weighted by Gasteiger charge is -2.00. The molecule has 0 bridgehead atoms. The maximum atomic E-state index is 5.60. The van der Waals surface area contributed by atoms with E-state index in [0.29, 0.717) is 0 Å². The number of hydrogen-bond donors (Lipinski definition) is 1. The third kappa shape index (κ3) is 1.10. The van der Waals surface area contributed by atoms with Crippen LogP contribution in [-0.4, -0.2) is 7.05 Å². The van der Waals surface area contributed by atoms with Crippen LogP contribution in [0.5, 0.6) is 0 Å². The Bertz CT molecular complexity index is 443. The van der Waals surface area contributed by atoms with Gasteiger partial charge in [-0.2, -0.15) is 0 Å². The quantitative estimate of drug-likeness (QED) is 0.720. The number of anilines is 1. The molecule has 0 spiro atoms. The second-order valence-electron chi connectivity index (χ2n) is 3.21. The predicted molar refractivity (Wildman–Crippen MR) is 55.2 cm³/mol. The highest BCUT2D eigenvalue weighted by Crippen LogP contribution is 2.30. The second-order valence-corrected chi connectivity index (χ2v) is 3.21. The highest BCUT2D eigenvalue weighted by atomic mass is 16.3. The summed E-state index contributed by atoms with van der Waals surface area (Å²) in [6.07, 6.45) is 0. The third-order valence-corrected chi connectivity index (χ3v) is 2.46. The molecule has 0 saturated heterocycles. The molecule has 13 heavy (non-hydrogen) atoms. The SMILES string of the molecule is CNc1cccc2oc(C)c(C)c12. The van der Waals surface area contributed by atoms with Crippen molar-refractivity contribution in [3.63, 3.8) is 0 Å². The molecule has 1 N–H and O–H groups in total. The van der Waals surface area contributed by atoms with Crippen LogP contribution in [0.1, 0.15) is 11.3 Å². The zero-order valence-corrected chi connectivity index (χ0v) is 8.14. The first kappa shape index (κ1) is 8.17. The van der Waals surface area contributed by atoms with Gasteiger partial charge in [-0.15, -0.1) is 0 Å². The normalized spacial score (nSPS) is 10.7. The minimum absolute atomic E-state index is 0.960. The van der Waals surface area contributed by atoms with Crippen molar-refractivity contribution in [1.82, 2.24) is 0 Å². The first-order chi connectivity index (χ1) is 6.24. The van der Waals surface area contributed by atoms with Crippen LogP contribution in [0.2, 0.25) is 0 Å². The summed E-state index contributed by atoms with van der Waals surface area (Å²) in [6, 6.07) is 6.05. The number of furan rings is 1. The molecule has 0 aliphatic carbocycles. The van der Waals surface area contributed by atoms with E-state index in [9.17, 15) is 0 Å². The third-order valence-electron chi connectivity index (χ3n) is 2.46. The molecule has 1 aromatic heterocycles. The van der Waals surface area contributed by atoms with Crippen LogP contribution in [0.25, 0.3) is 11.0 Å². The van der Waals surface area contributed by atoms with Gasteiger partial charge in [-0.1, -0.05) is 6.07 Å². The smallest absolute Gasteiger partial charge is 0.136 e. The Hall–Kier alpha value is -1.44. The summed E-state index contributed by atoms with van der Waals surface area (Å²) in [5.74, 6) is 0.998. The average Bonchev–Trinajstić information content (AvgIpc) is 2.43. The van der Waals surface area contributed by atoms with Crippen molar-refractivity contribution in [3.8, 4) is 0 Å². The van der Waals surface area contributed by atoms with Crippen molar-refractivity contribution >= 4 is 16.7 Å². The molecular weight excluding hydrogens is 162 g/mol. The minimum Gasteiger partial charge on any atom is -0.461 e. The van der Waals surface area contributed by atoms with E-state index in [1.54, 1.807) is 0 Å². The molecule has 1 aromatic carbocycles. The minimum atomic E-state index is 0.960. The van der Waals surface area contributed by atoms with Gasteiger partial charge in [0.2, 0.25) is 0 Å². The lowest BCUT2D eigenvalue weighted by Crippen LogP contribution is -1.88. The molecule has 0 amide bonds. The molecule has 0 aliphatic heterocycles. The molecule has 0 atom stereocenters. The Morgan fingerprint density at radius 2 is 2.00 bits per heavy atom. The van der Waals surface area contributed by atoms with Crippen LogP contribution in [-0.2, 0) is 0 Å². The van der Waals surface area contributed by atoms with Crippen LogP contribution in [0.3, 0.4) is 0 Å². The van der Waals surface area contributed by atoms with E-state index in [1.165, 1.54) is 10.9 Å². The fourth-order valence-electron chi connectivity index (χ4n) is 1.63. The molecule has 0 radical (unpaired) electrons. The molecule has 0 saturated carbocycles. The monoisotopic (exact) mass is 175 g/mol. The predicted octanol–water partition coefficient (Wildman–Crippen LogP) is 3.09. The number of rotatable bonds is 1. The summed E-state index contributed by atoms with van der Waals surface area (Å²) >= 11 is 0. The van der Waals surface area contributed by atoms with Gasteiger partial charge in [-0.3, -0.25) is 0 Å². The first-order valence-electron chi connectivity index (χ1n) is 4.40. The van der Waals surface area contributed by atoms with Crippen molar-refractivity contribution < 1.29 is 4.42 Å². The largest absolute Gasteiger partial charge is 0.461 e. The van der Waals surface area contributed by atoms with Crippen molar-refractivity contribution in [3.05, 3.63) is 29.5 Å². The van der Waals surface area contributed by atoms with Gasteiger partial charge in [-0.25, -0.2) is 0 Å². The van der Waals surface area contributed by atoms with Gasteiger partial charge in [0, 0.05) is 23.7 Å². The zero-order valence-electron chi connectivity index (χ0n) is 8.14. The zero-order chi connectivity index (χ0) is 9.42. The van der Waals surface area contributed by atoms with E-state index in [2.05, 4.69) is 18.3 Å². The Labute approximate surface area is 77.6 Å². The summed E-state index contributed by atoms with van der Waals surface area (Å²) < 4.78 is 5.60. The van der Waals surface area contributed by atoms with Gasteiger partial charge in [-0.05, 0) is 26.0 Å². The van der Waals surface area contributed by atoms with Crippen LogP contribution in [0.15, 0.2) is 22.6 Å². The van der Waals surface area contributed by atoms with Gasteiger partial charge in [0.15, 0.2) is 0 Å². The number of aryl methyl sites for hydroxylation is 2. The summed E-state index contributed by atoms with van der Waals surface area (Å²) in [5, 5.41) is 4.36. The van der Waals surface area contributed by atoms with Crippen molar-refractivity contribution in [2.45, 2.75) is 13.8 Å². The highest BCUT2D eigenvalue weighted by molar-refractivity contribution is 5.93. The number of fused-ring (bicyclic) bond motifs is 1. The summed E-state index contributed by atoms with van der Waals surface area (Å²) in [7, 11) is 1.93. The van der Waals surface area contributed by atoms with Gasteiger partial charge in [0.1, 0.15) is 11.3 Å². The van der Waals surface area contributed by atoms with E-state index >= 15 is 0 Å². The molecule has 0 unspecified atom stereocenters.